The van der Waals surface area contributed by atoms with Gasteiger partial charge in [-0.1, -0.05) is 0 Å². The third-order valence-corrected chi connectivity index (χ3v) is 5.01. The quantitative estimate of drug-likeness (QED) is 0.602. The molecule has 1 fully saturated rings. The molecule has 0 spiro atoms. The first kappa shape index (κ1) is 7.78. The van der Waals surface area contributed by atoms with Gasteiger partial charge in [-0.05, 0) is 18.7 Å². The fourth-order valence-corrected chi connectivity index (χ4v) is 3.46. The molecule has 0 aromatic heterocycles. The molecule has 0 N–H and O–H groups in total. The van der Waals surface area contributed by atoms with Gasteiger partial charge in [0.05, 0.1) is 6.61 Å². The second-order valence-electron chi connectivity index (χ2n) is 1.22. The van der Waals surface area contributed by atoms with E-state index in [1.165, 1.54) is 0 Å². The van der Waals surface area contributed by atoms with Gasteiger partial charge in [-0.25, -0.2) is 0 Å². The van der Waals surface area contributed by atoms with Crippen molar-refractivity contribution in [3.63, 3.8) is 0 Å². The Hall–Kier alpha value is 0.680. The lowest BCUT2D eigenvalue weighted by molar-refractivity contribution is 0.243. The van der Waals surface area contributed by atoms with Crippen LogP contribution in [0, 0.1) is 0 Å². The van der Waals surface area contributed by atoms with Crippen LogP contribution in [0.3, 0.4) is 0 Å². The van der Waals surface area contributed by atoms with Gasteiger partial charge < -0.3 is 4.52 Å². The first-order valence-corrected chi connectivity index (χ1v) is 5.78. The summed E-state index contributed by atoms with van der Waals surface area (Å²) in [6.45, 7) is -0.325. The normalized spacial score (nSPS) is 42.1. The molecule has 0 radical (unpaired) electrons. The van der Waals surface area contributed by atoms with Gasteiger partial charge >= 0.3 is 18.1 Å². The summed E-state index contributed by atoms with van der Waals surface area (Å²) in [5.41, 5.74) is 0. The highest BCUT2D eigenvalue weighted by molar-refractivity contribution is 8.16. The SMILES string of the molecule is CCOP1(=S)OS(=O)O1. The lowest BCUT2D eigenvalue weighted by atomic mass is 10.9. The van der Waals surface area contributed by atoms with Crippen molar-refractivity contribution in [3.05, 3.63) is 0 Å². The number of hydrogen-bond donors (Lipinski definition) is 0. The van der Waals surface area contributed by atoms with Crippen LogP contribution in [0.4, 0.5) is 0 Å². The predicted octanol–water partition coefficient (Wildman–Crippen LogP) is 0.873. The molecular formula is C2H5O4PS2. The van der Waals surface area contributed by atoms with Crippen molar-refractivity contribution in [2.45, 2.75) is 6.92 Å². The van der Waals surface area contributed by atoms with Gasteiger partial charge in [0.25, 0.3) is 0 Å². The Morgan fingerprint density at radius 3 is 2.67 bits per heavy atom. The molecule has 1 aliphatic heterocycles. The Morgan fingerprint density at radius 1 is 1.78 bits per heavy atom. The van der Waals surface area contributed by atoms with Crippen molar-refractivity contribution in [3.8, 4) is 0 Å². The summed E-state index contributed by atoms with van der Waals surface area (Å²) in [7, 11) is 0. The molecule has 54 valence electrons. The molecule has 1 heterocycles. The van der Waals surface area contributed by atoms with E-state index in [4.69, 9.17) is 4.52 Å². The maximum atomic E-state index is 10.1. The smallest absolute Gasteiger partial charge is 0.308 e. The zero-order valence-corrected chi connectivity index (χ0v) is 7.13. The lowest BCUT2D eigenvalue weighted by Crippen LogP contribution is -2.13. The van der Waals surface area contributed by atoms with Crippen molar-refractivity contribution in [1.82, 2.24) is 0 Å². The van der Waals surface area contributed by atoms with Crippen LogP contribution in [0.2, 0.25) is 0 Å². The third kappa shape index (κ3) is 1.80. The fourth-order valence-electron chi connectivity index (χ4n) is 0.356. The molecule has 7 heteroatoms. The zero-order chi connectivity index (χ0) is 6.91. The Balaban J connectivity index is 2.41. The van der Waals surface area contributed by atoms with Gasteiger partial charge in [-0.3, -0.25) is 0 Å². The van der Waals surface area contributed by atoms with E-state index in [9.17, 15) is 4.21 Å². The third-order valence-electron chi connectivity index (χ3n) is 0.592. The summed E-state index contributed by atoms with van der Waals surface area (Å²) < 4.78 is 24.0. The van der Waals surface area contributed by atoms with E-state index in [0.717, 1.165) is 0 Å². The average Bonchev–Trinajstić information content (AvgIpc) is 1.62. The maximum absolute atomic E-state index is 10.1. The van der Waals surface area contributed by atoms with Gasteiger partial charge in [-0.2, -0.15) is 12.1 Å². The summed E-state index contributed by atoms with van der Waals surface area (Å²) in [6, 6.07) is 0. The molecule has 4 nitrogen and oxygen atoms in total. The molecule has 0 aromatic carbocycles. The first-order chi connectivity index (χ1) is 4.16. The van der Waals surface area contributed by atoms with Gasteiger partial charge in [0, 0.05) is 0 Å². The van der Waals surface area contributed by atoms with Crippen molar-refractivity contribution < 1.29 is 16.7 Å². The molecule has 0 aliphatic carbocycles. The van der Waals surface area contributed by atoms with Crippen LogP contribution in [0.25, 0.3) is 0 Å². The maximum Gasteiger partial charge on any atom is 0.357 e. The Kier molecular flexibility index (Phi) is 2.37. The molecule has 0 saturated carbocycles. The highest BCUT2D eigenvalue weighted by Crippen LogP contribution is 2.59. The predicted molar refractivity (Wildman–Crippen MR) is 36.2 cm³/mol. The van der Waals surface area contributed by atoms with E-state index in [1.54, 1.807) is 6.92 Å². The monoisotopic (exact) mass is 188 g/mol. The molecule has 1 aliphatic rings. The van der Waals surface area contributed by atoms with Crippen molar-refractivity contribution in [1.29, 1.82) is 0 Å². The Morgan fingerprint density at radius 2 is 2.33 bits per heavy atom. The van der Waals surface area contributed by atoms with Gasteiger partial charge in [0.1, 0.15) is 0 Å². The van der Waals surface area contributed by atoms with Gasteiger partial charge in [-0.15, -0.1) is 0 Å². The second-order valence-corrected chi connectivity index (χ2v) is 5.31. The standard InChI is InChI=1S/C2H5O4PS2/c1-2-4-7(8)5-9(3)6-7/h2H2,1H3. The lowest BCUT2D eigenvalue weighted by Gasteiger charge is -2.25. The topological polar surface area (TPSA) is 44.8 Å². The minimum Gasteiger partial charge on any atom is -0.308 e. The number of rotatable bonds is 2. The molecule has 1 rings (SSSR count). The van der Waals surface area contributed by atoms with Crippen LogP contribution in [0.1, 0.15) is 6.92 Å². The second kappa shape index (κ2) is 2.74. The van der Waals surface area contributed by atoms with Crippen LogP contribution in [0.5, 0.6) is 0 Å². The highest BCUT2D eigenvalue weighted by atomic mass is 32.5. The van der Waals surface area contributed by atoms with E-state index in [-0.39, 0.29) is 0 Å². The molecule has 0 amide bonds. The molecule has 9 heavy (non-hydrogen) atoms. The van der Waals surface area contributed by atoms with Crippen molar-refractivity contribution in [2.75, 3.05) is 6.61 Å². The molecule has 0 unspecified atom stereocenters. The highest BCUT2D eigenvalue weighted by Gasteiger charge is 2.38. The van der Waals surface area contributed by atoms with E-state index in [1.807, 2.05) is 0 Å². The van der Waals surface area contributed by atoms with E-state index in [2.05, 4.69) is 19.7 Å². The summed E-state index contributed by atoms with van der Waals surface area (Å²) in [5, 5.41) is 0. The molecular weight excluding hydrogens is 183 g/mol. The summed E-state index contributed by atoms with van der Waals surface area (Å²) in [4.78, 5) is 0. The summed E-state index contributed by atoms with van der Waals surface area (Å²) in [6.07, 6.45) is 0. The van der Waals surface area contributed by atoms with Crippen LogP contribution < -0.4 is 0 Å². The van der Waals surface area contributed by atoms with E-state index >= 15 is 0 Å². The fraction of sp³-hybridized carbons (Fsp3) is 1.00. The van der Waals surface area contributed by atoms with Gasteiger partial charge in [0.15, 0.2) is 0 Å². The Labute approximate surface area is 60.6 Å². The van der Waals surface area contributed by atoms with Crippen LogP contribution in [-0.2, 0) is 35.6 Å². The van der Waals surface area contributed by atoms with Gasteiger partial charge in [0.2, 0.25) is 0 Å². The van der Waals surface area contributed by atoms with Crippen molar-refractivity contribution >= 4 is 29.9 Å². The molecule has 0 atom stereocenters. The molecule has 1 saturated heterocycles. The minimum absolute atomic E-state index is 0.425. The Bertz CT molecular complexity index is 167. The molecule has 0 aromatic rings. The minimum atomic E-state index is -2.52. The van der Waals surface area contributed by atoms with Crippen LogP contribution in [-0.4, -0.2) is 10.8 Å². The summed E-state index contributed by atoms with van der Waals surface area (Å²) in [5.74, 6) is 0. The zero-order valence-electron chi connectivity index (χ0n) is 4.60. The average molecular weight is 188 g/mol. The van der Waals surface area contributed by atoms with Crippen LogP contribution >= 0.6 is 6.72 Å². The summed E-state index contributed by atoms with van der Waals surface area (Å²) >= 11 is 3.02. The largest absolute Gasteiger partial charge is 0.357 e. The van der Waals surface area contributed by atoms with E-state index < -0.39 is 18.1 Å². The van der Waals surface area contributed by atoms with E-state index in [0.29, 0.717) is 6.61 Å². The number of hydrogen-bond acceptors (Lipinski definition) is 5. The van der Waals surface area contributed by atoms with Crippen molar-refractivity contribution in [2.24, 2.45) is 0 Å². The first-order valence-electron chi connectivity index (χ1n) is 2.23. The molecule has 0 bridgehead atoms. The van der Waals surface area contributed by atoms with Crippen LogP contribution in [0.15, 0.2) is 0 Å².